The normalized spacial score (nSPS) is 17.4. The van der Waals surface area contributed by atoms with E-state index in [1.807, 2.05) is 17.5 Å². The van der Waals surface area contributed by atoms with E-state index >= 15 is 0 Å². The molecule has 0 spiro atoms. The largest absolute Gasteiger partial charge is 0.481 e. The molecule has 1 saturated carbocycles. The maximum atomic E-state index is 13.1. The first-order chi connectivity index (χ1) is 12.5. The van der Waals surface area contributed by atoms with Gasteiger partial charge in [0, 0.05) is 11.4 Å². The fourth-order valence-electron chi connectivity index (χ4n) is 3.70. The van der Waals surface area contributed by atoms with E-state index in [9.17, 15) is 19.1 Å². The summed E-state index contributed by atoms with van der Waals surface area (Å²) in [5, 5.41) is 14.4. The maximum Gasteiger partial charge on any atom is 0.312 e. The topological polar surface area (TPSA) is 66.4 Å². The molecule has 138 valence electrons. The molecule has 1 fully saturated rings. The molecule has 2 N–H and O–H groups in total. The number of carboxylic acid groups (broad SMARTS) is 1. The summed E-state index contributed by atoms with van der Waals surface area (Å²) in [4.78, 5) is 25.8. The van der Waals surface area contributed by atoms with Gasteiger partial charge in [-0.1, -0.05) is 37.5 Å². The number of rotatable bonds is 6. The molecule has 4 nitrogen and oxygen atoms in total. The van der Waals surface area contributed by atoms with Crippen molar-refractivity contribution < 1.29 is 19.1 Å². The zero-order valence-electron chi connectivity index (χ0n) is 14.4. The molecule has 1 aliphatic carbocycles. The number of carbonyl (C=O) groups is 2. The van der Waals surface area contributed by atoms with E-state index in [0.717, 1.165) is 37.0 Å². The number of amides is 1. The predicted octanol–water partition coefficient (Wildman–Crippen LogP) is 4.07. The molecule has 0 aliphatic heterocycles. The SMILES string of the molecule is O=C(O)C(CNC(=O)C1(c2cccs2)CCCCC1)c1ccc(F)cc1. The van der Waals surface area contributed by atoms with Crippen LogP contribution in [0, 0.1) is 5.82 Å². The molecular weight excluding hydrogens is 353 g/mol. The molecule has 0 radical (unpaired) electrons. The van der Waals surface area contributed by atoms with Crippen molar-refractivity contribution in [3.8, 4) is 0 Å². The summed E-state index contributed by atoms with van der Waals surface area (Å²) in [5.41, 5.74) is -0.0776. The molecule has 1 aromatic heterocycles. The lowest BCUT2D eigenvalue weighted by Gasteiger charge is -2.35. The number of nitrogens with one attached hydrogen (secondary N) is 1. The van der Waals surface area contributed by atoms with E-state index in [4.69, 9.17) is 0 Å². The summed E-state index contributed by atoms with van der Waals surface area (Å²) < 4.78 is 13.1. The van der Waals surface area contributed by atoms with Gasteiger partial charge in [0.2, 0.25) is 5.91 Å². The second-order valence-electron chi connectivity index (χ2n) is 6.77. The second-order valence-corrected chi connectivity index (χ2v) is 7.72. The van der Waals surface area contributed by atoms with Crippen LogP contribution in [0.4, 0.5) is 4.39 Å². The van der Waals surface area contributed by atoms with Gasteiger partial charge in [-0.2, -0.15) is 0 Å². The molecule has 1 aromatic carbocycles. The summed E-state index contributed by atoms with van der Waals surface area (Å²) in [6.45, 7) is -0.00702. The van der Waals surface area contributed by atoms with Gasteiger partial charge in [0.05, 0.1) is 11.3 Å². The molecule has 1 unspecified atom stereocenters. The van der Waals surface area contributed by atoms with Crippen molar-refractivity contribution in [2.75, 3.05) is 6.54 Å². The Hall–Kier alpha value is -2.21. The molecule has 3 rings (SSSR count). The fraction of sp³-hybridized carbons (Fsp3) is 0.400. The van der Waals surface area contributed by atoms with Crippen molar-refractivity contribution in [1.29, 1.82) is 0 Å². The Morgan fingerprint density at radius 1 is 1.15 bits per heavy atom. The van der Waals surface area contributed by atoms with Crippen LogP contribution in [0.5, 0.6) is 0 Å². The highest BCUT2D eigenvalue weighted by Crippen LogP contribution is 2.41. The lowest BCUT2D eigenvalue weighted by Crippen LogP contribution is -2.47. The predicted molar refractivity (Wildman–Crippen MR) is 98.9 cm³/mol. The highest BCUT2D eigenvalue weighted by atomic mass is 32.1. The van der Waals surface area contributed by atoms with Crippen molar-refractivity contribution in [3.63, 3.8) is 0 Å². The minimum absolute atomic E-state index is 0.00702. The van der Waals surface area contributed by atoms with Crippen LogP contribution in [-0.4, -0.2) is 23.5 Å². The van der Waals surface area contributed by atoms with E-state index < -0.39 is 23.1 Å². The Labute approximate surface area is 156 Å². The number of carboxylic acids is 1. The highest BCUT2D eigenvalue weighted by molar-refractivity contribution is 7.10. The van der Waals surface area contributed by atoms with Crippen LogP contribution in [0.25, 0.3) is 0 Å². The van der Waals surface area contributed by atoms with Crippen molar-refractivity contribution >= 4 is 23.2 Å². The van der Waals surface area contributed by atoms with Gasteiger partial charge >= 0.3 is 5.97 Å². The number of hydrogen-bond acceptors (Lipinski definition) is 3. The lowest BCUT2D eigenvalue weighted by atomic mass is 9.72. The van der Waals surface area contributed by atoms with Gasteiger partial charge in [-0.05, 0) is 42.0 Å². The molecule has 0 saturated heterocycles. The van der Waals surface area contributed by atoms with E-state index in [-0.39, 0.29) is 12.5 Å². The Balaban J connectivity index is 1.76. The number of aliphatic carboxylic acids is 1. The summed E-state index contributed by atoms with van der Waals surface area (Å²) in [6, 6.07) is 9.32. The van der Waals surface area contributed by atoms with Gasteiger partial charge in [-0.15, -0.1) is 11.3 Å². The smallest absolute Gasteiger partial charge is 0.312 e. The summed E-state index contributed by atoms with van der Waals surface area (Å²) >= 11 is 1.58. The third-order valence-corrected chi connectivity index (χ3v) is 6.25. The molecule has 2 aromatic rings. The molecule has 1 atom stereocenters. The van der Waals surface area contributed by atoms with Crippen LogP contribution in [0.3, 0.4) is 0 Å². The summed E-state index contributed by atoms with van der Waals surface area (Å²) in [7, 11) is 0. The van der Waals surface area contributed by atoms with Gasteiger partial charge in [0.15, 0.2) is 0 Å². The molecule has 1 aliphatic rings. The van der Waals surface area contributed by atoms with E-state index in [1.54, 1.807) is 11.3 Å². The Morgan fingerprint density at radius 3 is 2.42 bits per heavy atom. The lowest BCUT2D eigenvalue weighted by molar-refractivity contribution is -0.138. The van der Waals surface area contributed by atoms with Gasteiger partial charge in [0.1, 0.15) is 5.82 Å². The third-order valence-electron chi connectivity index (χ3n) is 5.17. The van der Waals surface area contributed by atoms with Gasteiger partial charge in [-0.25, -0.2) is 4.39 Å². The average molecular weight is 375 g/mol. The number of thiophene rings is 1. The maximum absolute atomic E-state index is 13.1. The minimum Gasteiger partial charge on any atom is -0.481 e. The number of halogens is 1. The number of benzene rings is 1. The van der Waals surface area contributed by atoms with Crippen LogP contribution >= 0.6 is 11.3 Å². The zero-order valence-corrected chi connectivity index (χ0v) is 15.2. The van der Waals surface area contributed by atoms with E-state index in [1.165, 1.54) is 24.3 Å². The number of hydrogen-bond donors (Lipinski definition) is 2. The molecular formula is C20H22FNO3S. The summed E-state index contributed by atoms with van der Waals surface area (Å²) in [6.07, 6.45) is 4.67. The Kier molecular flexibility index (Phi) is 5.71. The van der Waals surface area contributed by atoms with Crippen molar-refractivity contribution in [3.05, 3.63) is 58.0 Å². The monoisotopic (exact) mass is 375 g/mol. The van der Waals surface area contributed by atoms with Crippen LogP contribution < -0.4 is 5.32 Å². The highest BCUT2D eigenvalue weighted by Gasteiger charge is 2.42. The minimum atomic E-state index is -1.04. The molecule has 0 bridgehead atoms. The standard InChI is InChI=1S/C20H22FNO3S/c21-15-8-6-14(7-9-15)16(18(23)24)13-22-19(25)20(10-2-1-3-11-20)17-5-4-12-26-17/h4-9,12,16H,1-3,10-11,13H2,(H,22,25)(H,23,24). The van der Waals surface area contributed by atoms with Crippen LogP contribution in [0.15, 0.2) is 41.8 Å². The Bertz CT molecular complexity index is 752. The fourth-order valence-corrected chi connectivity index (χ4v) is 4.68. The van der Waals surface area contributed by atoms with Gasteiger partial charge < -0.3 is 10.4 Å². The summed E-state index contributed by atoms with van der Waals surface area (Å²) in [5.74, 6) is -2.46. The van der Waals surface area contributed by atoms with Crippen molar-refractivity contribution in [1.82, 2.24) is 5.32 Å². The molecule has 1 amide bonds. The van der Waals surface area contributed by atoms with Gasteiger partial charge in [-0.3, -0.25) is 9.59 Å². The zero-order chi connectivity index (χ0) is 18.6. The van der Waals surface area contributed by atoms with E-state index in [2.05, 4.69) is 5.32 Å². The molecule has 6 heteroatoms. The van der Waals surface area contributed by atoms with Crippen LogP contribution in [0.1, 0.15) is 48.5 Å². The van der Waals surface area contributed by atoms with Crippen molar-refractivity contribution in [2.24, 2.45) is 0 Å². The second kappa shape index (κ2) is 7.99. The molecule has 1 heterocycles. The third kappa shape index (κ3) is 3.80. The van der Waals surface area contributed by atoms with E-state index in [0.29, 0.717) is 5.56 Å². The van der Waals surface area contributed by atoms with Crippen LogP contribution in [0.2, 0.25) is 0 Å². The molecule has 26 heavy (non-hydrogen) atoms. The first kappa shape index (κ1) is 18.6. The quantitative estimate of drug-likeness (QED) is 0.800. The average Bonchev–Trinajstić information content (AvgIpc) is 3.18. The first-order valence-electron chi connectivity index (χ1n) is 8.83. The van der Waals surface area contributed by atoms with Gasteiger partial charge in [0.25, 0.3) is 0 Å². The first-order valence-corrected chi connectivity index (χ1v) is 9.71. The number of carbonyl (C=O) groups excluding carboxylic acids is 1. The Morgan fingerprint density at radius 2 is 1.85 bits per heavy atom. The van der Waals surface area contributed by atoms with Crippen molar-refractivity contribution in [2.45, 2.75) is 43.4 Å². The van der Waals surface area contributed by atoms with Crippen LogP contribution in [-0.2, 0) is 15.0 Å².